The second kappa shape index (κ2) is 7.64. The van der Waals surface area contributed by atoms with Crippen LogP contribution in [0, 0.1) is 13.8 Å². The average molecular weight is 421 g/mol. The Hall–Kier alpha value is -3.66. The van der Waals surface area contributed by atoms with E-state index in [1.54, 1.807) is 12.3 Å². The van der Waals surface area contributed by atoms with E-state index in [9.17, 15) is 0 Å². The Bertz CT molecular complexity index is 1290. The highest BCUT2D eigenvalue weighted by molar-refractivity contribution is 7.98. The van der Waals surface area contributed by atoms with E-state index in [2.05, 4.69) is 25.6 Å². The second-order valence-electron chi connectivity index (χ2n) is 6.38. The van der Waals surface area contributed by atoms with Crippen LogP contribution in [0.15, 0.2) is 65.7 Å². The smallest absolute Gasteiger partial charge is 0.277 e. The Balaban J connectivity index is 1.33. The van der Waals surface area contributed by atoms with Crippen molar-refractivity contribution in [3.63, 3.8) is 0 Å². The zero-order valence-electron chi connectivity index (χ0n) is 16.0. The lowest BCUT2D eigenvalue weighted by Crippen LogP contribution is -1.84. The van der Waals surface area contributed by atoms with Gasteiger partial charge < -0.3 is 17.8 Å². The van der Waals surface area contributed by atoms with Gasteiger partial charge in [0.15, 0.2) is 0 Å². The van der Waals surface area contributed by atoms with Crippen LogP contribution in [0.1, 0.15) is 17.4 Å². The summed E-state index contributed by atoms with van der Waals surface area (Å²) in [7, 11) is 0. The summed E-state index contributed by atoms with van der Waals surface area (Å²) >= 11 is 1.31. The minimum atomic E-state index is 0.350. The first-order valence-electron chi connectivity index (χ1n) is 9.04. The van der Waals surface area contributed by atoms with E-state index in [0.29, 0.717) is 45.7 Å². The molecule has 9 nitrogen and oxygen atoms in total. The average Bonchev–Trinajstić information content (AvgIpc) is 3.54. The largest absolute Gasteiger partial charge is 0.469 e. The van der Waals surface area contributed by atoms with E-state index >= 15 is 0 Å². The molecule has 0 atom stereocenters. The molecule has 0 saturated carbocycles. The third-order valence-corrected chi connectivity index (χ3v) is 5.21. The summed E-state index contributed by atoms with van der Waals surface area (Å²) in [6, 6.07) is 11.5. The van der Waals surface area contributed by atoms with Gasteiger partial charge in [0.1, 0.15) is 22.8 Å². The molecular formula is C20H15N5O4S. The van der Waals surface area contributed by atoms with Crippen molar-refractivity contribution in [3.8, 4) is 34.2 Å². The van der Waals surface area contributed by atoms with Crippen LogP contribution in [-0.4, -0.2) is 25.6 Å². The van der Waals surface area contributed by atoms with Gasteiger partial charge in [0, 0.05) is 5.56 Å². The molecule has 0 fully saturated rings. The van der Waals surface area contributed by atoms with Crippen molar-refractivity contribution in [2.45, 2.75) is 24.8 Å². The van der Waals surface area contributed by atoms with Crippen LogP contribution in [-0.2, 0) is 5.75 Å². The molecular weight excluding hydrogens is 406 g/mol. The van der Waals surface area contributed by atoms with Gasteiger partial charge in [-0.2, -0.15) is 0 Å². The van der Waals surface area contributed by atoms with Gasteiger partial charge in [-0.3, -0.25) is 0 Å². The molecule has 0 aliphatic carbocycles. The van der Waals surface area contributed by atoms with E-state index in [1.807, 2.05) is 44.2 Å². The van der Waals surface area contributed by atoms with E-state index in [0.717, 1.165) is 16.9 Å². The van der Waals surface area contributed by atoms with Crippen LogP contribution in [0.3, 0.4) is 0 Å². The van der Waals surface area contributed by atoms with E-state index in [-0.39, 0.29) is 0 Å². The monoisotopic (exact) mass is 421 g/mol. The van der Waals surface area contributed by atoms with E-state index in [4.69, 9.17) is 17.8 Å². The molecule has 150 valence electrons. The van der Waals surface area contributed by atoms with Crippen LogP contribution in [0.25, 0.3) is 34.2 Å². The Morgan fingerprint density at radius 1 is 0.867 bits per heavy atom. The van der Waals surface area contributed by atoms with Crippen molar-refractivity contribution in [3.05, 3.63) is 60.1 Å². The van der Waals surface area contributed by atoms with E-state index in [1.165, 1.54) is 11.8 Å². The summed E-state index contributed by atoms with van der Waals surface area (Å²) in [6.07, 6.45) is 1.58. The maximum absolute atomic E-state index is 5.84. The third-order valence-electron chi connectivity index (χ3n) is 4.41. The fourth-order valence-corrected chi connectivity index (χ4v) is 3.54. The van der Waals surface area contributed by atoms with Crippen LogP contribution >= 0.6 is 11.8 Å². The highest BCUT2D eigenvalue weighted by Gasteiger charge is 2.22. The van der Waals surface area contributed by atoms with Crippen molar-refractivity contribution in [1.29, 1.82) is 0 Å². The molecule has 0 aliphatic heterocycles. The number of furan rings is 1. The lowest BCUT2D eigenvalue weighted by Gasteiger charge is -1.98. The number of aromatic nitrogens is 5. The number of benzene rings is 1. The highest BCUT2D eigenvalue weighted by Crippen LogP contribution is 2.34. The van der Waals surface area contributed by atoms with Gasteiger partial charge in [0.05, 0.1) is 17.6 Å². The third kappa shape index (κ3) is 3.41. The quantitative estimate of drug-likeness (QED) is 0.349. The zero-order valence-corrected chi connectivity index (χ0v) is 16.8. The minimum Gasteiger partial charge on any atom is -0.469 e. The molecule has 1 aromatic carbocycles. The van der Waals surface area contributed by atoms with Gasteiger partial charge in [0.25, 0.3) is 17.0 Å². The highest BCUT2D eigenvalue weighted by atomic mass is 32.2. The topological polar surface area (TPSA) is 117 Å². The fraction of sp³-hybridized carbons (Fsp3) is 0.150. The van der Waals surface area contributed by atoms with Crippen LogP contribution in [0.5, 0.6) is 0 Å². The number of hydrogen-bond donors (Lipinski definition) is 0. The lowest BCUT2D eigenvalue weighted by molar-refractivity contribution is 0.399. The lowest BCUT2D eigenvalue weighted by atomic mass is 10.1. The van der Waals surface area contributed by atoms with Crippen LogP contribution in [0.4, 0.5) is 0 Å². The summed E-state index contributed by atoms with van der Waals surface area (Å²) in [6.45, 7) is 3.65. The molecule has 4 aromatic heterocycles. The molecule has 0 amide bonds. The predicted octanol–water partition coefficient (Wildman–Crippen LogP) is 4.94. The molecule has 4 heterocycles. The van der Waals surface area contributed by atoms with Gasteiger partial charge >= 0.3 is 0 Å². The van der Waals surface area contributed by atoms with Crippen molar-refractivity contribution >= 4 is 11.8 Å². The van der Waals surface area contributed by atoms with Crippen molar-refractivity contribution in [2.24, 2.45) is 0 Å². The Morgan fingerprint density at radius 3 is 2.50 bits per heavy atom. The molecule has 5 rings (SSSR count). The van der Waals surface area contributed by atoms with Crippen LogP contribution < -0.4 is 0 Å². The number of rotatable bonds is 6. The standard InChI is InChI=1S/C20H15N5O4S/c1-11-14(8-9-26-11)18-22-24-20(28-18)30-10-15-21-23-19(27-15)16-12(2)29-25-17(16)13-6-4-3-5-7-13/h3-9H,10H2,1-2H3. The van der Waals surface area contributed by atoms with Gasteiger partial charge in [-0.25, -0.2) is 0 Å². The SMILES string of the molecule is Cc1occc1-c1nnc(SCc2nnc(-c3c(-c4ccccc4)noc3C)o2)o1. The normalized spacial score (nSPS) is 11.3. The van der Waals surface area contributed by atoms with Gasteiger partial charge in [-0.15, -0.1) is 20.4 Å². The summed E-state index contributed by atoms with van der Waals surface area (Å²) in [5, 5.41) is 20.9. The predicted molar refractivity (Wildman–Crippen MR) is 106 cm³/mol. The molecule has 0 aliphatic rings. The number of hydrogen-bond acceptors (Lipinski definition) is 10. The maximum Gasteiger partial charge on any atom is 0.277 e. The van der Waals surface area contributed by atoms with Gasteiger partial charge in [-0.05, 0) is 19.9 Å². The minimum absolute atomic E-state index is 0.350. The Kier molecular flexibility index (Phi) is 4.68. The van der Waals surface area contributed by atoms with Gasteiger partial charge in [0.2, 0.25) is 5.89 Å². The first-order valence-corrected chi connectivity index (χ1v) is 10.0. The summed E-state index contributed by atoms with van der Waals surface area (Å²) in [4.78, 5) is 0. The molecule has 0 bridgehead atoms. The summed E-state index contributed by atoms with van der Waals surface area (Å²) in [5.74, 6) is 2.88. The molecule has 0 radical (unpaired) electrons. The first-order chi connectivity index (χ1) is 14.7. The molecule has 0 saturated heterocycles. The number of thioether (sulfide) groups is 1. The maximum atomic E-state index is 5.84. The fourth-order valence-electron chi connectivity index (χ4n) is 2.94. The molecule has 0 spiro atoms. The van der Waals surface area contributed by atoms with Crippen molar-refractivity contribution < 1.29 is 17.8 Å². The molecule has 5 aromatic rings. The van der Waals surface area contributed by atoms with Gasteiger partial charge in [-0.1, -0.05) is 47.3 Å². The number of nitrogens with zero attached hydrogens (tertiary/aromatic N) is 5. The second-order valence-corrected chi connectivity index (χ2v) is 7.31. The molecule has 0 N–H and O–H groups in total. The van der Waals surface area contributed by atoms with Crippen LogP contribution in [0.2, 0.25) is 0 Å². The molecule has 10 heteroatoms. The van der Waals surface area contributed by atoms with Crippen molar-refractivity contribution in [2.75, 3.05) is 0 Å². The Labute approximate surface area is 174 Å². The zero-order chi connectivity index (χ0) is 20.5. The summed E-state index contributed by atoms with van der Waals surface area (Å²) in [5.41, 5.74) is 3.02. The number of aryl methyl sites for hydroxylation is 2. The summed E-state index contributed by atoms with van der Waals surface area (Å²) < 4.78 is 22.1. The van der Waals surface area contributed by atoms with Crippen molar-refractivity contribution in [1.82, 2.24) is 25.6 Å². The first kappa shape index (κ1) is 18.4. The van der Waals surface area contributed by atoms with E-state index < -0.39 is 0 Å². The molecule has 0 unspecified atom stereocenters. The Morgan fingerprint density at radius 2 is 1.70 bits per heavy atom. The molecule has 30 heavy (non-hydrogen) atoms.